The lowest BCUT2D eigenvalue weighted by Crippen LogP contribution is -2.25. The quantitative estimate of drug-likeness (QED) is 0.842. The number of nitrogens with one attached hydrogen (secondary N) is 1. The third kappa shape index (κ3) is 3.93. The number of hydrogen-bond acceptors (Lipinski definition) is 4. The highest BCUT2D eigenvalue weighted by Crippen LogP contribution is 2.20. The lowest BCUT2D eigenvalue weighted by Gasteiger charge is -2.08. The molecular formula is C13H17N3O3S2. The van der Waals surface area contributed by atoms with Crippen molar-refractivity contribution < 1.29 is 13.2 Å². The van der Waals surface area contributed by atoms with Crippen molar-refractivity contribution in [2.45, 2.75) is 30.6 Å². The molecule has 0 aromatic carbocycles. The molecule has 2 aromatic heterocycles. The molecule has 0 unspecified atom stereocenters. The molecule has 1 amide bonds. The highest BCUT2D eigenvalue weighted by atomic mass is 32.2. The average molecular weight is 327 g/mol. The number of thiophene rings is 1. The van der Waals surface area contributed by atoms with E-state index in [0.29, 0.717) is 5.69 Å². The monoisotopic (exact) mass is 327 g/mol. The van der Waals surface area contributed by atoms with Gasteiger partial charge in [-0.1, -0.05) is 6.92 Å². The molecule has 8 heteroatoms. The van der Waals surface area contributed by atoms with Crippen molar-refractivity contribution in [2.24, 2.45) is 5.14 Å². The Bertz CT molecular complexity index is 731. The van der Waals surface area contributed by atoms with Gasteiger partial charge in [-0.05, 0) is 30.7 Å². The first-order valence-corrected chi connectivity index (χ1v) is 8.83. The van der Waals surface area contributed by atoms with Gasteiger partial charge in [0.15, 0.2) is 0 Å². The molecule has 0 aliphatic heterocycles. The Kier molecular flexibility index (Phi) is 4.81. The van der Waals surface area contributed by atoms with E-state index in [1.54, 1.807) is 12.1 Å². The summed E-state index contributed by atoms with van der Waals surface area (Å²) in [7, 11) is -3.68. The Morgan fingerprint density at radius 1 is 1.38 bits per heavy atom. The molecule has 0 bridgehead atoms. The van der Waals surface area contributed by atoms with Gasteiger partial charge in [0.25, 0.3) is 5.91 Å². The van der Waals surface area contributed by atoms with Crippen molar-refractivity contribution in [3.63, 3.8) is 0 Å². The fourth-order valence-corrected chi connectivity index (χ4v) is 3.64. The third-order valence-electron chi connectivity index (χ3n) is 2.87. The van der Waals surface area contributed by atoms with Crippen LogP contribution in [0.5, 0.6) is 0 Å². The molecule has 2 rings (SSSR count). The van der Waals surface area contributed by atoms with Crippen LogP contribution >= 0.6 is 11.3 Å². The zero-order chi connectivity index (χ0) is 15.5. The minimum atomic E-state index is -3.68. The third-order valence-corrected chi connectivity index (χ3v) is 5.39. The Morgan fingerprint density at radius 2 is 2.14 bits per heavy atom. The van der Waals surface area contributed by atoms with Gasteiger partial charge >= 0.3 is 0 Å². The number of amides is 1. The summed E-state index contributed by atoms with van der Waals surface area (Å²) in [5.41, 5.74) is 0.597. The summed E-state index contributed by atoms with van der Waals surface area (Å²) in [4.78, 5) is 12.8. The van der Waals surface area contributed by atoms with Gasteiger partial charge in [-0.25, -0.2) is 13.6 Å². The predicted octanol–water partition coefficient (Wildman–Crippen LogP) is 1.54. The molecular weight excluding hydrogens is 310 g/mol. The van der Waals surface area contributed by atoms with Crippen molar-refractivity contribution in [3.8, 4) is 0 Å². The number of rotatable bonds is 6. The van der Waals surface area contributed by atoms with E-state index in [2.05, 4.69) is 5.32 Å². The molecule has 0 spiro atoms. The number of nitrogens with two attached hydrogens (primary N) is 1. The molecule has 3 N–H and O–H groups in total. The Labute approximate surface area is 127 Å². The highest BCUT2D eigenvalue weighted by molar-refractivity contribution is 7.91. The predicted molar refractivity (Wildman–Crippen MR) is 81.6 cm³/mol. The van der Waals surface area contributed by atoms with Gasteiger partial charge < -0.3 is 9.88 Å². The lowest BCUT2D eigenvalue weighted by atomic mass is 10.3. The van der Waals surface area contributed by atoms with E-state index in [9.17, 15) is 13.2 Å². The fraction of sp³-hybridized carbons (Fsp3) is 0.308. The topological polar surface area (TPSA) is 94.2 Å². The second-order valence-corrected chi connectivity index (χ2v) is 7.49. The number of sulfonamides is 1. The molecule has 0 saturated heterocycles. The van der Waals surface area contributed by atoms with Crippen LogP contribution in [0.3, 0.4) is 0 Å². The van der Waals surface area contributed by atoms with Crippen molar-refractivity contribution in [2.75, 3.05) is 0 Å². The Balaban J connectivity index is 2.01. The molecule has 0 fully saturated rings. The molecule has 0 aliphatic carbocycles. The molecule has 2 aromatic rings. The average Bonchev–Trinajstić information content (AvgIpc) is 3.04. The summed E-state index contributed by atoms with van der Waals surface area (Å²) >= 11 is 1.06. The van der Waals surface area contributed by atoms with Crippen LogP contribution in [0.4, 0.5) is 0 Å². The van der Waals surface area contributed by atoms with Gasteiger partial charge in [-0.15, -0.1) is 11.3 Å². The smallest absolute Gasteiger partial charge is 0.268 e. The van der Waals surface area contributed by atoms with E-state index in [4.69, 9.17) is 5.14 Å². The van der Waals surface area contributed by atoms with Gasteiger partial charge in [-0.2, -0.15) is 0 Å². The summed E-state index contributed by atoms with van der Waals surface area (Å²) in [6.07, 6.45) is 2.81. The molecule has 0 radical (unpaired) electrons. The fourth-order valence-electron chi connectivity index (χ4n) is 1.92. The van der Waals surface area contributed by atoms with Crippen LogP contribution < -0.4 is 10.5 Å². The van der Waals surface area contributed by atoms with E-state index >= 15 is 0 Å². The number of nitrogens with zero attached hydrogens (tertiary/aromatic N) is 1. The maximum absolute atomic E-state index is 12.1. The van der Waals surface area contributed by atoms with Gasteiger partial charge in [0.05, 0.1) is 6.54 Å². The van der Waals surface area contributed by atoms with E-state index in [-0.39, 0.29) is 16.7 Å². The maximum atomic E-state index is 12.1. The van der Waals surface area contributed by atoms with Crippen LogP contribution in [0.25, 0.3) is 0 Å². The zero-order valence-electron chi connectivity index (χ0n) is 11.6. The first kappa shape index (κ1) is 15.7. The first-order valence-electron chi connectivity index (χ1n) is 6.46. The largest absolute Gasteiger partial charge is 0.346 e. The molecule has 0 saturated carbocycles. The van der Waals surface area contributed by atoms with Crippen LogP contribution in [-0.4, -0.2) is 18.9 Å². The summed E-state index contributed by atoms with van der Waals surface area (Å²) < 4.78 is 24.4. The summed E-state index contributed by atoms with van der Waals surface area (Å²) in [6.45, 7) is 3.10. The van der Waals surface area contributed by atoms with Gasteiger partial charge in [0.2, 0.25) is 10.0 Å². The zero-order valence-corrected chi connectivity index (χ0v) is 13.2. The van der Waals surface area contributed by atoms with Crippen LogP contribution in [0.1, 0.15) is 28.7 Å². The van der Waals surface area contributed by atoms with E-state index in [1.807, 2.05) is 23.8 Å². The van der Waals surface area contributed by atoms with Gasteiger partial charge in [0, 0.05) is 17.6 Å². The first-order chi connectivity index (χ1) is 9.91. The Hall–Kier alpha value is -1.64. The summed E-state index contributed by atoms with van der Waals surface area (Å²) in [5, 5.41) is 7.83. The van der Waals surface area contributed by atoms with Crippen LogP contribution in [0.2, 0.25) is 0 Å². The Morgan fingerprint density at radius 3 is 2.76 bits per heavy atom. The highest BCUT2D eigenvalue weighted by Gasteiger charge is 2.13. The number of carbonyl (C=O) groups is 1. The lowest BCUT2D eigenvalue weighted by molar-refractivity contribution is 0.0942. The number of aromatic nitrogens is 1. The molecule has 0 atom stereocenters. The van der Waals surface area contributed by atoms with Crippen molar-refractivity contribution in [3.05, 3.63) is 41.0 Å². The second kappa shape index (κ2) is 6.42. The molecule has 6 nitrogen and oxygen atoms in total. The summed E-state index contributed by atoms with van der Waals surface area (Å²) in [6, 6.07) is 6.68. The van der Waals surface area contributed by atoms with Crippen LogP contribution in [0, 0.1) is 0 Å². The van der Waals surface area contributed by atoms with Crippen LogP contribution in [-0.2, 0) is 23.1 Å². The minimum Gasteiger partial charge on any atom is -0.346 e. The molecule has 114 valence electrons. The van der Waals surface area contributed by atoms with E-state index in [0.717, 1.165) is 29.2 Å². The van der Waals surface area contributed by atoms with E-state index < -0.39 is 10.0 Å². The SMILES string of the molecule is CCCn1cccc1C(=O)NCc1ccc(S(N)(=O)=O)s1. The number of aryl methyl sites for hydroxylation is 1. The summed E-state index contributed by atoms with van der Waals surface area (Å²) in [5.74, 6) is -0.181. The van der Waals surface area contributed by atoms with Crippen LogP contribution in [0.15, 0.2) is 34.7 Å². The maximum Gasteiger partial charge on any atom is 0.268 e. The van der Waals surface area contributed by atoms with Crippen molar-refractivity contribution in [1.82, 2.24) is 9.88 Å². The van der Waals surface area contributed by atoms with Crippen molar-refractivity contribution >= 4 is 27.3 Å². The standard InChI is InChI=1S/C13H17N3O3S2/c1-2-7-16-8-3-4-11(16)13(17)15-9-10-5-6-12(20-10)21(14,18)19/h3-6,8H,2,7,9H2,1H3,(H,15,17)(H2,14,18,19). The number of carbonyl (C=O) groups excluding carboxylic acids is 1. The second-order valence-electron chi connectivity index (χ2n) is 4.54. The van der Waals surface area contributed by atoms with Crippen molar-refractivity contribution in [1.29, 1.82) is 0 Å². The van der Waals surface area contributed by atoms with Gasteiger partial charge in [0.1, 0.15) is 9.90 Å². The molecule has 21 heavy (non-hydrogen) atoms. The number of primary sulfonamides is 1. The normalized spacial score (nSPS) is 11.5. The molecule has 2 heterocycles. The van der Waals surface area contributed by atoms with E-state index in [1.165, 1.54) is 6.07 Å². The van der Waals surface area contributed by atoms with Gasteiger partial charge in [-0.3, -0.25) is 4.79 Å². The molecule has 0 aliphatic rings. The number of hydrogen-bond donors (Lipinski definition) is 2. The minimum absolute atomic E-state index is 0.0982.